The van der Waals surface area contributed by atoms with Crippen molar-refractivity contribution in [2.24, 2.45) is 5.92 Å². The standard InChI is InChI=1S/C26H37FN4O4S/c1-26(2,3)31-36(34,35)22-10-8-21(9-11-22)29-17-24(32)23(16-18-12-14-28-15-13-18)30-25(33)19-4-6-20(27)7-5-19/h4-11,18,23-24,28-29,31-32H,12-17H2,1-3H3,(H,30,33)/t23-,24-/m0/s1. The molecule has 0 aromatic heterocycles. The molecular weight excluding hydrogens is 483 g/mol. The van der Waals surface area contributed by atoms with E-state index in [1.807, 2.05) is 0 Å². The van der Waals surface area contributed by atoms with E-state index in [4.69, 9.17) is 0 Å². The maximum Gasteiger partial charge on any atom is 0.251 e. The molecule has 1 amide bonds. The number of carbonyl (C=O) groups is 1. The van der Waals surface area contributed by atoms with Gasteiger partial charge in [-0.1, -0.05) is 0 Å². The molecule has 0 saturated carbocycles. The van der Waals surface area contributed by atoms with Gasteiger partial charge in [0.15, 0.2) is 0 Å². The summed E-state index contributed by atoms with van der Waals surface area (Å²) in [6.45, 7) is 7.28. The van der Waals surface area contributed by atoms with E-state index in [1.54, 1.807) is 32.9 Å². The number of hydrogen-bond acceptors (Lipinski definition) is 6. The molecule has 1 fully saturated rings. The number of carbonyl (C=O) groups excluding carboxylic acids is 1. The van der Waals surface area contributed by atoms with Gasteiger partial charge in [0, 0.05) is 23.3 Å². The van der Waals surface area contributed by atoms with Gasteiger partial charge in [-0.3, -0.25) is 4.79 Å². The fourth-order valence-electron chi connectivity index (χ4n) is 4.22. The first-order valence-electron chi connectivity index (χ1n) is 12.3. The molecule has 1 heterocycles. The number of rotatable bonds is 10. The summed E-state index contributed by atoms with van der Waals surface area (Å²) < 4.78 is 40.9. The lowest BCUT2D eigenvalue weighted by Crippen LogP contribution is -2.48. The van der Waals surface area contributed by atoms with Crippen molar-refractivity contribution in [1.82, 2.24) is 15.4 Å². The zero-order valence-corrected chi connectivity index (χ0v) is 21.9. The molecule has 1 saturated heterocycles. The topological polar surface area (TPSA) is 120 Å². The van der Waals surface area contributed by atoms with Gasteiger partial charge < -0.3 is 21.1 Å². The lowest BCUT2D eigenvalue weighted by molar-refractivity contribution is 0.0810. The minimum atomic E-state index is -3.64. The van der Waals surface area contributed by atoms with Crippen LogP contribution in [0, 0.1) is 11.7 Å². The number of piperidine rings is 1. The lowest BCUT2D eigenvalue weighted by atomic mass is 9.89. The van der Waals surface area contributed by atoms with Crippen molar-refractivity contribution in [2.75, 3.05) is 25.0 Å². The Hall–Kier alpha value is -2.53. The first-order valence-corrected chi connectivity index (χ1v) is 13.7. The largest absolute Gasteiger partial charge is 0.389 e. The summed E-state index contributed by atoms with van der Waals surface area (Å²) in [5, 5.41) is 20.4. The van der Waals surface area contributed by atoms with Crippen LogP contribution in [-0.4, -0.2) is 56.8 Å². The van der Waals surface area contributed by atoms with Crippen LogP contribution in [0.15, 0.2) is 53.4 Å². The average Bonchev–Trinajstić information content (AvgIpc) is 2.82. The summed E-state index contributed by atoms with van der Waals surface area (Å²) in [7, 11) is -3.64. The van der Waals surface area contributed by atoms with Gasteiger partial charge in [0.25, 0.3) is 5.91 Å². The second kappa shape index (κ2) is 12.1. The van der Waals surface area contributed by atoms with E-state index < -0.39 is 33.5 Å². The summed E-state index contributed by atoms with van der Waals surface area (Å²) in [4.78, 5) is 12.9. The minimum absolute atomic E-state index is 0.152. The maximum absolute atomic E-state index is 13.3. The van der Waals surface area contributed by atoms with E-state index in [0.29, 0.717) is 23.6 Å². The van der Waals surface area contributed by atoms with Crippen LogP contribution < -0.4 is 20.7 Å². The fraction of sp³-hybridized carbons (Fsp3) is 0.500. The summed E-state index contributed by atoms with van der Waals surface area (Å²) in [6, 6.07) is 11.1. The van der Waals surface area contributed by atoms with Gasteiger partial charge in [0.05, 0.1) is 17.0 Å². The molecule has 3 rings (SSSR count). The van der Waals surface area contributed by atoms with Gasteiger partial charge in [-0.15, -0.1) is 0 Å². The number of amides is 1. The molecule has 0 bridgehead atoms. The Balaban J connectivity index is 1.65. The van der Waals surface area contributed by atoms with Crippen molar-refractivity contribution in [3.63, 3.8) is 0 Å². The minimum Gasteiger partial charge on any atom is -0.389 e. The maximum atomic E-state index is 13.3. The summed E-state index contributed by atoms with van der Waals surface area (Å²) in [6.07, 6.45) is 1.64. The van der Waals surface area contributed by atoms with Crippen molar-refractivity contribution in [1.29, 1.82) is 0 Å². The van der Waals surface area contributed by atoms with Crippen molar-refractivity contribution in [3.8, 4) is 0 Å². The molecule has 5 N–H and O–H groups in total. The van der Waals surface area contributed by atoms with E-state index in [0.717, 1.165) is 25.9 Å². The van der Waals surface area contributed by atoms with E-state index in [-0.39, 0.29) is 17.3 Å². The van der Waals surface area contributed by atoms with Gasteiger partial charge in [-0.05, 0) is 108 Å². The molecule has 0 radical (unpaired) electrons. The van der Waals surface area contributed by atoms with Crippen molar-refractivity contribution < 1.29 is 22.7 Å². The van der Waals surface area contributed by atoms with Crippen LogP contribution in [0.5, 0.6) is 0 Å². The highest BCUT2D eigenvalue weighted by Gasteiger charge is 2.27. The number of aliphatic hydroxyl groups excluding tert-OH is 1. The molecule has 1 aliphatic heterocycles. The summed E-state index contributed by atoms with van der Waals surface area (Å²) in [5.74, 6) is -0.428. The Morgan fingerprint density at radius 1 is 1.08 bits per heavy atom. The molecule has 2 atom stereocenters. The monoisotopic (exact) mass is 520 g/mol. The van der Waals surface area contributed by atoms with Crippen LogP contribution in [0.1, 0.15) is 50.4 Å². The van der Waals surface area contributed by atoms with Gasteiger partial charge in [0.1, 0.15) is 5.82 Å². The highest BCUT2D eigenvalue weighted by molar-refractivity contribution is 7.89. The zero-order chi connectivity index (χ0) is 26.3. The van der Waals surface area contributed by atoms with Crippen LogP contribution >= 0.6 is 0 Å². The zero-order valence-electron chi connectivity index (χ0n) is 21.1. The number of hydrogen-bond donors (Lipinski definition) is 5. The highest BCUT2D eigenvalue weighted by Crippen LogP contribution is 2.21. The third-order valence-corrected chi connectivity index (χ3v) is 7.83. The van der Waals surface area contributed by atoms with E-state index in [9.17, 15) is 22.7 Å². The van der Waals surface area contributed by atoms with Gasteiger partial charge in [-0.2, -0.15) is 0 Å². The number of aliphatic hydroxyl groups is 1. The first-order chi connectivity index (χ1) is 16.9. The number of anilines is 1. The number of benzene rings is 2. The first kappa shape index (κ1) is 28.0. The van der Waals surface area contributed by atoms with Crippen LogP contribution in [0.4, 0.5) is 10.1 Å². The lowest BCUT2D eigenvalue weighted by Gasteiger charge is -2.30. The highest BCUT2D eigenvalue weighted by atomic mass is 32.2. The fourth-order valence-corrected chi connectivity index (χ4v) is 5.64. The molecule has 2 aromatic rings. The molecule has 1 aliphatic rings. The van der Waals surface area contributed by atoms with Gasteiger partial charge in [-0.25, -0.2) is 17.5 Å². The third kappa shape index (κ3) is 8.55. The molecule has 8 nitrogen and oxygen atoms in total. The Kier molecular flexibility index (Phi) is 9.46. The molecule has 36 heavy (non-hydrogen) atoms. The van der Waals surface area contributed by atoms with Gasteiger partial charge >= 0.3 is 0 Å². The molecule has 10 heteroatoms. The number of sulfonamides is 1. The number of nitrogens with one attached hydrogen (secondary N) is 4. The second-order valence-corrected chi connectivity index (χ2v) is 12.0. The van der Waals surface area contributed by atoms with Crippen LogP contribution in [0.25, 0.3) is 0 Å². The number of halogens is 1. The van der Waals surface area contributed by atoms with Crippen LogP contribution in [0.2, 0.25) is 0 Å². The predicted octanol–water partition coefficient (Wildman–Crippen LogP) is 2.86. The van der Waals surface area contributed by atoms with Gasteiger partial charge in [0.2, 0.25) is 10.0 Å². The molecule has 2 aromatic carbocycles. The predicted molar refractivity (Wildman–Crippen MR) is 139 cm³/mol. The Labute approximate surface area is 213 Å². The van der Waals surface area contributed by atoms with Crippen LogP contribution in [0.3, 0.4) is 0 Å². The normalized spacial score (nSPS) is 16.8. The summed E-state index contributed by atoms with van der Waals surface area (Å²) >= 11 is 0. The molecule has 198 valence electrons. The van der Waals surface area contributed by atoms with E-state index in [1.165, 1.54) is 36.4 Å². The summed E-state index contributed by atoms with van der Waals surface area (Å²) in [5.41, 5.74) is 0.378. The van der Waals surface area contributed by atoms with Crippen molar-refractivity contribution >= 4 is 21.6 Å². The van der Waals surface area contributed by atoms with E-state index >= 15 is 0 Å². The molecule has 0 unspecified atom stereocenters. The second-order valence-electron chi connectivity index (χ2n) is 10.3. The Bertz CT molecular complexity index is 1100. The smallest absolute Gasteiger partial charge is 0.251 e. The average molecular weight is 521 g/mol. The molecular formula is C26H37FN4O4S. The van der Waals surface area contributed by atoms with E-state index in [2.05, 4.69) is 20.7 Å². The third-order valence-electron chi connectivity index (χ3n) is 6.05. The van der Waals surface area contributed by atoms with Crippen molar-refractivity contribution in [2.45, 2.75) is 62.6 Å². The SMILES string of the molecule is CC(C)(C)NS(=O)(=O)c1ccc(NC[C@H](O)[C@H](CC2CCNCC2)NC(=O)c2ccc(F)cc2)cc1. The quantitative estimate of drug-likeness (QED) is 0.329. The van der Waals surface area contributed by atoms with Crippen LogP contribution in [-0.2, 0) is 10.0 Å². The Morgan fingerprint density at radius 2 is 1.69 bits per heavy atom. The molecule has 0 spiro atoms. The van der Waals surface area contributed by atoms with Crippen molar-refractivity contribution in [3.05, 3.63) is 59.9 Å². The molecule has 0 aliphatic carbocycles. The Morgan fingerprint density at radius 3 is 2.28 bits per heavy atom.